The Balaban J connectivity index is 1.21. The molecule has 0 bridgehead atoms. The predicted octanol–water partition coefficient (Wildman–Crippen LogP) is 4.49. The second-order valence-corrected chi connectivity index (χ2v) is 14.5. The van der Waals surface area contributed by atoms with Crippen LogP contribution in [0, 0.1) is 6.92 Å². The number of benzene rings is 3. The number of H-pyrrole nitrogens is 1. The minimum Gasteiger partial charge on any atom is -0.496 e. The van der Waals surface area contributed by atoms with Crippen molar-refractivity contribution >= 4 is 56.1 Å². The van der Waals surface area contributed by atoms with Crippen LogP contribution >= 0.6 is 0 Å². The van der Waals surface area contributed by atoms with Crippen molar-refractivity contribution in [2.75, 3.05) is 75.2 Å². The van der Waals surface area contributed by atoms with Gasteiger partial charge in [0.2, 0.25) is 21.9 Å². The number of nitrogens with one attached hydrogen (secondary N) is 3. The first kappa shape index (κ1) is 37.1. The summed E-state index contributed by atoms with van der Waals surface area (Å²) in [6, 6.07) is 15.2. The van der Waals surface area contributed by atoms with E-state index < -0.39 is 15.9 Å². The van der Waals surface area contributed by atoms with E-state index in [9.17, 15) is 22.8 Å². The van der Waals surface area contributed by atoms with Crippen LogP contribution in [0.4, 0.5) is 17.3 Å². The summed E-state index contributed by atoms with van der Waals surface area (Å²) in [5, 5.41) is 2.81. The van der Waals surface area contributed by atoms with Crippen LogP contribution < -0.4 is 24.4 Å². The number of sulfonamides is 1. The molecule has 0 unspecified atom stereocenters. The molecule has 51 heavy (non-hydrogen) atoms. The lowest BCUT2D eigenvalue weighted by Gasteiger charge is -2.32. The Kier molecular flexibility index (Phi) is 11.8. The summed E-state index contributed by atoms with van der Waals surface area (Å²) in [5.41, 5.74) is 3.28. The number of aromatic amines is 1. The van der Waals surface area contributed by atoms with Gasteiger partial charge in [-0.15, -0.1) is 0 Å². The average molecular weight is 720 g/mol. The fourth-order valence-corrected chi connectivity index (χ4v) is 6.27. The second kappa shape index (κ2) is 16.2. The number of hydrogen-bond acceptors (Lipinski definition) is 9. The molecule has 14 nitrogen and oxygen atoms in total. The first-order chi connectivity index (χ1) is 24.3. The van der Waals surface area contributed by atoms with Crippen molar-refractivity contribution in [1.82, 2.24) is 19.8 Å². The summed E-state index contributed by atoms with van der Waals surface area (Å²) in [7, 11) is 1.58. The first-order valence-electron chi connectivity index (χ1n) is 16.8. The number of likely N-dealkylation sites (N-methyl/N-ethyl adjacent to an activating group) is 1. The Morgan fingerprint density at radius 3 is 2.47 bits per heavy atom. The summed E-state index contributed by atoms with van der Waals surface area (Å²) >= 11 is 0. The highest BCUT2D eigenvalue weighted by atomic mass is 32.2. The Hall–Kier alpha value is -5.15. The lowest BCUT2D eigenvalue weighted by molar-refractivity contribution is -0.132. The number of para-hydroxylation sites is 1. The molecule has 0 radical (unpaired) electrons. The third-order valence-corrected chi connectivity index (χ3v) is 9.23. The quantitative estimate of drug-likeness (QED) is 0.159. The number of amides is 3. The molecule has 1 aliphatic rings. The smallest absolute Gasteiger partial charge is 0.259 e. The van der Waals surface area contributed by atoms with Crippen LogP contribution in [0.5, 0.6) is 11.5 Å². The SMILES string of the molecule is COc1cc(C(=O)N(C)c2ccc(C)cc2OCCCCCC(=O)N2CCN(C)CC2)ccc1C(=O)Nc1cccc2[nH]c(NS(C)(=O)=O)nc12. The molecule has 1 saturated heterocycles. The Morgan fingerprint density at radius 2 is 1.75 bits per heavy atom. The minimum atomic E-state index is -3.56. The number of aryl methyl sites for hydroxylation is 1. The number of aromatic nitrogens is 2. The number of unbranched alkanes of at least 4 members (excludes halogenated alkanes) is 2. The maximum atomic E-state index is 13.7. The number of carbonyl (C=O) groups is 3. The van der Waals surface area contributed by atoms with Crippen molar-refractivity contribution in [3.63, 3.8) is 0 Å². The lowest BCUT2D eigenvalue weighted by Crippen LogP contribution is -2.47. The molecule has 15 heteroatoms. The Morgan fingerprint density at radius 1 is 0.980 bits per heavy atom. The monoisotopic (exact) mass is 719 g/mol. The molecule has 272 valence electrons. The number of fused-ring (bicyclic) bond motifs is 1. The molecule has 2 heterocycles. The number of piperazine rings is 1. The van der Waals surface area contributed by atoms with Gasteiger partial charge in [-0.2, -0.15) is 0 Å². The molecule has 0 aliphatic carbocycles. The number of carbonyl (C=O) groups excluding carboxylic acids is 3. The highest BCUT2D eigenvalue weighted by molar-refractivity contribution is 7.92. The van der Waals surface area contributed by atoms with Crippen molar-refractivity contribution < 1.29 is 32.3 Å². The molecule has 3 N–H and O–H groups in total. The van der Waals surface area contributed by atoms with Crippen molar-refractivity contribution in [2.45, 2.75) is 32.6 Å². The lowest BCUT2D eigenvalue weighted by atomic mass is 10.1. The Labute approximate surface area is 298 Å². The number of anilines is 3. The predicted molar refractivity (Wildman–Crippen MR) is 197 cm³/mol. The van der Waals surface area contributed by atoms with Gasteiger partial charge in [0.1, 0.15) is 17.0 Å². The zero-order chi connectivity index (χ0) is 36.7. The minimum absolute atomic E-state index is 0.0192. The van der Waals surface area contributed by atoms with Crippen molar-refractivity contribution in [2.24, 2.45) is 0 Å². The average Bonchev–Trinajstić information content (AvgIpc) is 3.51. The standard InChI is InChI=1S/C36H45N7O7S/c1-24-13-16-29(31(22-24)50-21-8-6-7-12-32(44)43-19-17-41(2)18-20-43)42(3)35(46)25-14-15-26(30(23-25)49-4)34(45)37-27-10-9-11-28-33(27)39-36(38-28)40-51(5,47)48/h9-11,13-16,22-23H,6-8,12,17-21H2,1-5H3,(H,37,45)(H2,38,39,40). The Bertz CT molecular complexity index is 2010. The van der Waals surface area contributed by atoms with Crippen molar-refractivity contribution in [1.29, 1.82) is 0 Å². The van der Waals surface area contributed by atoms with Crippen LogP contribution in [-0.2, 0) is 14.8 Å². The number of rotatable bonds is 14. The number of imidazole rings is 1. The van der Waals surface area contributed by atoms with Gasteiger partial charge in [0.15, 0.2) is 0 Å². The molecule has 0 saturated carbocycles. The van der Waals surface area contributed by atoms with E-state index in [0.717, 1.165) is 57.3 Å². The van der Waals surface area contributed by atoms with E-state index in [4.69, 9.17) is 9.47 Å². The number of methoxy groups -OCH3 is 1. The van der Waals surface area contributed by atoms with Gasteiger partial charge in [0, 0.05) is 45.2 Å². The number of ether oxygens (including phenoxy) is 2. The number of hydrogen-bond donors (Lipinski definition) is 3. The van der Waals surface area contributed by atoms with E-state index >= 15 is 0 Å². The molecular weight excluding hydrogens is 675 g/mol. The van der Waals surface area contributed by atoms with E-state index in [-0.39, 0.29) is 29.1 Å². The van der Waals surface area contributed by atoms with Gasteiger partial charge in [-0.25, -0.2) is 13.4 Å². The normalized spacial score (nSPS) is 13.5. The van der Waals surface area contributed by atoms with Gasteiger partial charge in [-0.1, -0.05) is 12.1 Å². The molecule has 0 spiro atoms. The molecule has 5 rings (SSSR count). The summed E-state index contributed by atoms with van der Waals surface area (Å²) in [4.78, 5) is 52.5. The molecule has 4 aromatic rings. The van der Waals surface area contributed by atoms with E-state index in [0.29, 0.717) is 46.7 Å². The molecule has 0 atom stereocenters. The molecule has 3 aromatic carbocycles. The zero-order valence-electron chi connectivity index (χ0n) is 29.6. The highest BCUT2D eigenvalue weighted by Crippen LogP contribution is 2.32. The van der Waals surface area contributed by atoms with Crippen LogP contribution in [0.15, 0.2) is 54.6 Å². The third-order valence-electron chi connectivity index (χ3n) is 8.67. The summed E-state index contributed by atoms with van der Waals surface area (Å²) in [6.07, 6.45) is 3.97. The van der Waals surface area contributed by atoms with Gasteiger partial charge in [-0.05, 0) is 81.3 Å². The van der Waals surface area contributed by atoms with E-state index in [1.54, 1.807) is 31.3 Å². The fourth-order valence-electron chi connectivity index (χ4n) is 5.83. The molecule has 1 aromatic heterocycles. The topological polar surface area (TPSA) is 166 Å². The molecule has 1 fully saturated rings. The summed E-state index contributed by atoms with van der Waals surface area (Å²) < 4.78 is 37.3. The van der Waals surface area contributed by atoms with Crippen LogP contribution in [0.1, 0.15) is 52.0 Å². The molecule has 3 amide bonds. The summed E-state index contributed by atoms with van der Waals surface area (Å²) in [6.45, 7) is 5.79. The maximum absolute atomic E-state index is 13.7. The van der Waals surface area contributed by atoms with Crippen LogP contribution in [-0.4, -0.2) is 106 Å². The van der Waals surface area contributed by atoms with Gasteiger partial charge >= 0.3 is 0 Å². The van der Waals surface area contributed by atoms with Gasteiger partial charge in [0.05, 0.1) is 42.4 Å². The van der Waals surface area contributed by atoms with Gasteiger partial charge < -0.3 is 34.5 Å². The van der Waals surface area contributed by atoms with E-state index in [1.165, 1.54) is 24.1 Å². The van der Waals surface area contributed by atoms with Crippen LogP contribution in [0.25, 0.3) is 11.0 Å². The van der Waals surface area contributed by atoms with Crippen molar-refractivity contribution in [3.8, 4) is 11.5 Å². The summed E-state index contributed by atoms with van der Waals surface area (Å²) in [5.74, 6) is 0.151. The number of nitrogens with zero attached hydrogens (tertiary/aromatic N) is 4. The first-order valence-corrected chi connectivity index (χ1v) is 18.7. The van der Waals surface area contributed by atoms with Gasteiger partial charge in [0.25, 0.3) is 11.8 Å². The second-order valence-electron chi connectivity index (χ2n) is 12.7. The largest absolute Gasteiger partial charge is 0.496 e. The molecule has 1 aliphatic heterocycles. The zero-order valence-corrected chi connectivity index (χ0v) is 30.4. The van der Waals surface area contributed by atoms with Gasteiger partial charge in [-0.3, -0.25) is 19.1 Å². The van der Waals surface area contributed by atoms with Crippen molar-refractivity contribution in [3.05, 3.63) is 71.3 Å². The van der Waals surface area contributed by atoms with E-state index in [2.05, 4.69) is 32.0 Å². The maximum Gasteiger partial charge on any atom is 0.259 e. The van der Waals surface area contributed by atoms with Crippen LogP contribution in [0.3, 0.4) is 0 Å². The highest BCUT2D eigenvalue weighted by Gasteiger charge is 2.22. The van der Waals surface area contributed by atoms with E-state index in [1.807, 2.05) is 30.0 Å². The van der Waals surface area contributed by atoms with Crippen LogP contribution in [0.2, 0.25) is 0 Å². The molecular formula is C36H45N7O7S. The third kappa shape index (κ3) is 9.55. The fraction of sp³-hybridized carbons (Fsp3) is 0.389.